The van der Waals surface area contributed by atoms with Crippen LogP contribution < -0.4 is 11.5 Å². The Balaban J connectivity index is 2.51. The average molecular weight is 200 g/mol. The molecular weight excluding hydrogens is 184 g/mol. The third-order valence-electron chi connectivity index (χ3n) is 1.93. The van der Waals surface area contributed by atoms with Gasteiger partial charge in [-0.15, -0.1) is 0 Å². The molecule has 0 unspecified atom stereocenters. The summed E-state index contributed by atoms with van der Waals surface area (Å²) in [6, 6.07) is 10.2. The first-order chi connectivity index (χ1) is 7.33. The molecule has 2 nitrogen and oxygen atoms in total. The Morgan fingerprint density at radius 3 is 2.53 bits per heavy atom. The van der Waals surface area contributed by atoms with Gasteiger partial charge in [-0.2, -0.15) is 0 Å². The molecule has 78 valence electrons. The van der Waals surface area contributed by atoms with E-state index < -0.39 is 0 Å². The zero-order valence-electron chi connectivity index (χ0n) is 8.64. The quantitative estimate of drug-likeness (QED) is 0.731. The van der Waals surface area contributed by atoms with Gasteiger partial charge in [0.1, 0.15) is 0 Å². The van der Waals surface area contributed by atoms with E-state index in [0.717, 1.165) is 12.1 Å². The standard InChI is InChI=1S/C13H16N2/c14-11-5-4-8-13(15)10-9-12-6-2-1-3-7-12/h1-8,10-11H,9,14-15H2/b8-4-,11-5-,13-10-. The molecule has 0 aliphatic heterocycles. The number of rotatable bonds is 4. The van der Waals surface area contributed by atoms with Gasteiger partial charge >= 0.3 is 0 Å². The lowest BCUT2D eigenvalue weighted by atomic mass is 10.1. The first-order valence-electron chi connectivity index (χ1n) is 4.87. The molecule has 0 bridgehead atoms. The zero-order chi connectivity index (χ0) is 10.9. The van der Waals surface area contributed by atoms with E-state index in [1.165, 1.54) is 11.8 Å². The van der Waals surface area contributed by atoms with Crippen molar-refractivity contribution in [2.24, 2.45) is 11.5 Å². The number of hydrogen-bond donors (Lipinski definition) is 2. The molecule has 0 radical (unpaired) electrons. The Hall–Kier alpha value is -1.96. The van der Waals surface area contributed by atoms with Crippen LogP contribution in [0.1, 0.15) is 5.56 Å². The van der Waals surface area contributed by atoms with Crippen molar-refractivity contribution in [3.8, 4) is 0 Å². The number of benzene rings is 1. The average Bonchev–Trinajstić information content (AvgIpc) is 2.28. The maximum Gasteiger partial charge on any atom is 0.0276 e. The summed E-state index contributed by atoms with van der Waals surface area (Å²) in [5, 5.41) is 0. The van der Waals surface area contributed by atoms with E-state index in [4.69, 9.17) is 11.5 Å². The molecule has 0 heterocycles. The van der Waals surface area contributed by atoms with Crippen LogP contribution in [0.5, 0.6) is 0 Å². The smallest absolute Gasteiger partial charge is 0.0276 e. The van der Waals surface area contributed by atoms with Crippen molar-refractivity contribution >= 4 is 0 Å². The molecule has 0 saturated heterocycles. The van der Waals surface area contributed by atoms with Crippen molar-refractivity contribution in [2.75, 3.05) is 0 Å². The fourth-order valence-electron chi connectivity index (χ4n) is 1.15. The summed E-state index contributed by atoms with van der Waals surface area (Å²) in [5.41, 5.74) is 12.9. The fourth-order valence-corrected chi connectivity index (χ4v) is 1.15. The molecule has 0 aromatic heterocycles. The highest BCUT2D eigenvalue weighted by Crippen LogP contribution is 2.01. The molecule has 15 heavy (non-hydrogen) atoms. The second-order valence-corrected chi connectivity index (χ2v) is 3.14. The first-order valence-corrected chi connectivity index (χ1v) is 4.87. The predicted molar refractivity (Wildman–Crippen MR) is 64.9 cm³/mol. The molecule has 2 heteroatoms. The second-order valence-electron chi connectivity index (χ2n) is 3.14. The highest BCUT2D eigenvalue weighted by atomic mass is 14.5. The van der Waals surface area contributed by atoms with E-state index >= 15 is 0 Å². The van der Waals surface area contributed by atoms with Crippen molar-refractivity contribution in [3.63, 3.8) is 0 Å². The molecule has 1 rings (SSSR count). The van der Waals surface area contributed by atoms with Crippen molar-refractivity contribution in [1.82, 2.24) is 0 Å². The van der Waals surface area contributed by atoms with Crippen LogP contribution in [0.15, 0.2) is 66.5 Å². The topological polar surface area (TPSA) is 52.0 Å². The Kier molecular flexibility index (Phi) is 4.81. The largest absolute Gasteiger partial charge is 0.405 e. The van der Waals surface area contributed by atoms with Gasteiger partial charge in [0.05, 0.1) is 0 Å². The lowest BCUT2D eigenvalue weighted by Gasteiger charge is -1.96. The van der Waals surface area contributed by atoms with Gasteiger partial charge in [-0.25, -0.2) is 0 Å². The molecule has 4 N–H and O–H groups in total. The summed E-state index contributed by atoms with van der Waals surface area (Å²) in [4.78, 5) is 0. The van der Waals surface area contributed by atoms with E-state index in [1.54, 1.807) is 6.08 Å². The normalized spacial score (nSPS) is 12.7. The van der Waals surface area contributed by atoms with Crippen molar-refractivity contribution in [1.29, 1.82) is 0 Å². The van der Waals surface area contributed by atoms with Crippen LogP contribution in [-0.4, -0.2) is 0 Å². The van der Waals surface area contributed by atoms with Gasteiger partial charge < -0.3 is 11.5 Å². The van der Waals surface area contributed by atoms with Gasteiger partial charge in [0, 0.05) is 5.70 Å². The maximum atomic E-state index is 5.76. The van der Waals surface area contributed by atoms with E-state index in [9.17, 15) is 0 Å². The van der Waals surface area contributed by atoms with Crippen molar-refractivity contribution in [2.45, 2.75) is 6.42 Å². The molecule has 0 spiro atoms. The summed E-state index contributed by atoms with van der Waals surface area (Å²) < 4.78 is 0. The number of nitrogens with two attached hydrogens (primary N) is 2. The SMILES string of the molecule is N\C=C/C=C\C(N)=C\Cc1ccccc1. The number of allylic oxidation sites excluding steroid dienone is 4. The third-order valence-corrected chi connectivity index (χ3v) is 1.93. The van der Waals surface area contributed by atoms with Gasteiger partial charge in [0.2, 0.25) is 0 Å². The van der Waals surface area contributed by atoms with E-state index in [2.05, 4.69) is 12.1 Å². The van der Waals surface area contributed by atoms with E-state index in [1.807, 2.05) is 36.4 Å². The highest BCUT2D eigenvalue weighted by Gasteiger charge is 1.87. The van der Waals surface area contributed by atoms with Crippen LogP contribution in [0, 0.1) is 0 Å². The van der Waals surface area contributed by atoms with Crippen molar-refractivity contribution in [3.05, 3.63) is 72.1 Å². The van der Waals surface area contributed by atoms with E-state index in [0.29, 0.717) is 0 Å². The Labute approximate surface area is 90.6 Å². The second kappa shape index (κ2) is 6.49. The van der Waals surface area contributed by atoms with Crippen LogP contribution in [0.3, 0.4) is 0 Å². The Morgan fingerprint density at radius 2 is 1.87 bits per heavy atom. The molecule has 0 atom stereocenters. The molecule has 0 aliphatic carbocycles. The van der Waals surface area contributed by atoms with Crippen LogP contribution in [0.25, 0.3) is 0 Å². The fraction of sp³-hybridized carbons (Fsp3) is 0.0769. The Bertz CT molecular complexity index is 361. The van der Waals surface area contributed by atoms with Gasteiger partial charge in [0.15, 0.2) is 0 Å². The van der Waals surface area contributed by atoms with E-state index in [-0.39, 0.29) is 0 Å². The minimum atomic E-state index is 0.747. The zero-order valence-corrected chi connectivity index (χ0v) is 8.64. The summed E-state index contributed by atoms with van der Waals surface area (Å²) in [5.74, 6) is 0. The minimum Gasteiger partial charge on any atom is -0.405 e. The molecule has 1 aromatic rings. The summed E-state index contributed by atoms with van der Waals surface area (Å²) >= 11 is 0. The third kappa shape index (κ3) is 4.72. The molecule has 0 aliphatic rings. The predicted octanol–water partition coefficient (Wildman–Crippen LogP) is 2.10. The molecule has 1 aromatic carbocycles. The van der Waals surface area contributed by atoms with Crippen LogP contribution >= 0.6 is 0 Å². The monoisotopic (exact) mass is 200 g/mol. The van der Waals surface area contributed by atoms with Crippen molar-refractivity contribution < 1.29 is 0 Å². The maximum absolute atomic E-state index is 5.76. The van der Waals surface area contributed by atoms with Crippen LogP contribution in [0.2, 0.25) is 0 Å². The Morgan fingerprint density at radius 1 is 1.13 bits per heavy atom. The summed E-state index contributed by atoms with van der Waals surface area (Å²) in [6.07, 6.45) is 9.69. The van der Waals surface area contributed by atoms with Crippen LogP contribution in [0.4, 0.5) is 0 Å². The van der Waals surface area contributed by atoms with Gasteiger partial charge in [-0.1, -0.05) is 42.5 Å². The molecular formula is C13H16N2. The lowest BCUT2D eigenvalue weighted by molar-refractivity contribution is 1.22. The lowest BCUT2D eigenvalue weighted by Crippen LogP contribution is -1.93. The summed E-state index contributed by atoms with van der Waals surface area (Å²) in [7, 11) is 0. The number of hydrogen-bond acceptors (Lipinski definition) is 2. The minimum absolute atomic E-state index is 0.747. The van der Waals surface area contributed by atoms with Gasteiger partial charge in [0.25, 0.3) is 0 Å². The summed E-state index contributed by atoms with van der Waals surface area (Å²) in [6.45, 7) is 0. The van der Waals surface area contributed by atoms with Gasteiger partial charge in [-0.05, 0) is 30.3 Å². The highest BCUT2D eigenvalue weighted by molar-refractivity contribution is 5.23. The molecule has 0 saturated carbocycles. The van der Waals surface area contributed by atoms with Crippen LogP contribution in [-0.2, 0) is 6.42 Å². The first kappa shape index (κ1) is 11.1. The molecule has 0 amide bonds. The van der Waals surface area contributed by atoms with Gasteiger partial charge in [-0.3, -0.25) is 0 Å². The molecule has 0 fully saturated rings.